The van der Waals surface area contributed by atoms with Crippen molar-refractivity contribution in [1.29, 1.82) is 0 Å². The molecule has 0 spiro atoms. The Bertz CT molecular complexity index is 875. The molecule has 0 radical (unpaired) electrons. The largest absolute Gasteiger partial charge is 0.495 e. The summed E-state index contributed by atoms with van der Waals surface area (Å²) in [6.45, 7) is 0. The first-order valence-corrected chi connectivity index (χ1v) is 9.95. The van der Waals surface area contributed by atoms with Crippen LogP contribution in [0.2, 0.25) is 5.02 Å². The maximum absolute atomic E-state index is 11.7. The molecule has 2 aromatic rings. The molecule has 25 heavy (non-hydrogen) atoms. The van der Waals surface area contributed by atoms with E-state index in [9.17, 15) is 8.42 Å². The summed E-state index contributed by atoms with van der Waals surface area (Å²) >= 11 is 6.13. The Morgan fingerprint density at radius 1 is 1.36 bits per heavy atom. The second kappa shape index (κ2) is 7.05. The van der Waals surface area contributed by atoms with Crippen molar-refractivity contribution in [3.8, 4) is 5.75 Å². The van der Waals surface area contributed by atoms with E-state index in [0.717, 1.165) is 5.69 Å². The van der Waals surface area contributed by atoms with Crippen LogP contribution < -0.4 is 15.0 Å². The number of ether oxygens (including phenoxy) is 1. The molecule has 0 saturated carbocycles. The van der Waals surface area contributed by atoms with Gasteiger partial charge in [0.15, 0.2) is 9.84 Å². The van der Waals surface area contributed by atoms with Crippen molar-refractivity contribution in [2.24, 2.45) is 0 Å². The van der Waals surface area contributed by atoms with Crippen LogP contribution in [0.15, 0.2) is 30.5 Å². The smallest absolute Gasteiger partial charge is 0.227 e. The lowest BCUT2D eigenvalue weighted by molar-refractivity contribution is 0.415. The molecule has 1 fully saturated rings. The average molecular weight is 383 g/mol. The zero-order valence-corrected chi connectivity index (χ0v) is 15.5. The van der Waals surface area contributed by atoms with Crippen LogP contribution in [-0.4, -0.2) is 50.1 Å². The summed E-state index contributed by atoms with van der Waals surface area (Å²) < 4.78 is 28.5. The third-order valence-corrected chi connectivity index (χ3v) is 6.18. The monoisotopic (exact) mass is 382 g/mol. The minimum atomic E-state index is -2.96. The van der Waals surface area contributed by atoms with Crippen molar-refractivity contribution in [2.75, 3.05) is 35.9 Å². The Balaban J connectivity index is 1.76. The maximum atomic E-state index is 11.7. The van der Waals surface area contributed by atoms with Crippen LogP contribution in [0, 0.1) is 0 Å². The van der Waals surface area contributed by atoms with Crippen LogP contribution in [0.3, 0.4) is 0 Å². The Morgan fingerprint density at radius 2 is 2.16 bits per heavy atom. The van der Waals surface area contributed by atoms with Crippen LogP contribution in [0.1, 0.15) is 6.42 Å². The molecule has 0 aliphatic carbocycles. The second-order valence-corrected chi connectivity index (χ2v) is 8.52. The number of hydrogen-bond acceptors (Lipinski definition) is 7. The van der Waals surface area contributed by atoms with E-state index in [1.54, 1.807) is 31.5 Å². The van der Waals surface area contributed by atoms with E-state index in [4.69, 9.17) is 16.3 Å². The number of rotatable bonds is 5. The highest BCUT2D eigenvalue weighted by molar-refractivity contribution is 7.91. The number of nitrogens with zero attached hydrogens (tertiary/aromatic N) is 3. The van der Waals surface area contributed by atoms with Gasteiger partial charge in [-0.25, -0.2) is 13.4 Å². The molecule has 3 rings (SSSR count). The molecule has 1 saturated heterocycles. The summed E-state index contributed by atoms with van der Waals surface area (Å²) in [6, 6.07) is 6.98. The fourth-order valence-electron chi connectivity index (χ4n) is 2.72. The third-order valence-electron chi connectivity index (χ3n) is 4.14. The predicted molar refractivity (Wildman–Crippen MR) is 98.8 cm³/mol. The SMILES string of the molecule is COc1ccc(Nc2ccnc(N(C)C3CCS(=O)(=O)C3)n2)cc1Cl. The van der Waals surface area contributed by atoms with Crippen LogP contribution >= 0.6 is 11.6 Å². The minimum absolute atomic E-state index is 0.101. The maximum Gasteiger partial charge on any atom is 0.227 e. The lowest BCUT2D eigenvalue weighted by Crippen LogP contribution is -2.33. The average Bonchev–Trinajstić information content (AvgIpc) is 2.94. The van der Waals surface area contributed by atoms with Crippen molar-refractivity contribution in [3.63, 3.8) is 0 Å². The number of benzene rings is 1. The van der Waals surface area contributed by atoms with Crippen LogP contribution in [-0.2, 0) is 9.84 Å². The molecule has 1 unspecified atom stereocenters. The first-order chi connectivity index (χ1) is 11.9. The lowest BCUT2D eigenvalue weighted by atomic mass is 10.2. The number of methoxy groups -OCH3 is 1. The van der Waals surface area contributed by atoms with E-state index in [1.165, 1.54) is 0 Å². The van der Waals surface area contributed by atoms with Crippen LogP contribution in [0.4, 0.5) is 17.5 Å². The summed E-state index contributed by atoms with van der Waals surface area (Å²) in [5.74, 6) is 2.02. The number of hydrogen-bond donors (Lipinski definition) is 1. The van der Waals surface area contributed by atoms with Gasteiger partial charge in [0, 0.05) is 25.0 Å². The zero-order valence-electron chi connectivity index (χ0n) is 13.9. The predicted octanol–water partition coefficient (Wildman–Crippen LogP) is 2.51. The molecule has 1 aliphatic heterocycles. The van der Waals surface area contributed by atoms with Crippen molar-refractivity contribution >= 4 is 38.9 Å². The van der Waals surface area contributed by atoms with Gasteiger partial charge in [0.05, 0.1) is 23.6 Å². The lowest BCUT2D eigenvalue weighted by Gasteiger charge is -2.23. The molecule has 1 aromatic heterocycles. The fourth-order valence-corrected chi connectivity index (χ4v) is 4.76. The van der Waals surface area contributed by atoms with Gasteiger partial charge in [0.2, 0.25) is 5.95 Å². The molecule has 134 valence electrons. The third kappa shape index (κ3) is 4.13. The first kappa shape index (κ1) is 17.8. The van der Waals surface area contributed by atoms with E-state index in [-0.39, 0.29) is 17.5 Å². The van der Waals surface area contributed by atoms with E-state index in [2.05, 4.69) is 15.3 Å². The summed E-state index contributed by atoms with van der Waals surface area (Å²) in [4.78, 5) is 10.5. The van der Waals surface area contributed by atoms with Gasteiger partial charge in [0.1, 0.15) is 11.6 Å². The molecule has 1 N–H and O–H groups in total. The minimum Gasteiger partial charge on any atom is -0.495 e. The van der Waals surface area contributed by atoms with Crippen LogP contribution in [0.25, 0.3) is 0 Å². The number of sulfone groups is 1. The highest BCUT2D eigenvalue weighted by Crippen LogP contribution is 2.29. The molecule has 9 heteroatoms. The normalized spacial score (nSPS) is 18.8. The Labute approximate surface area is 151 Å². The van der Waals surface area contributed by atoms with Crippen molar-refractivity contribution in [3.05, 3.63) is 35.5 Å². The van der Waals surface area contributed by atoms with Gasteiger partial charge in [-0.15, -0.1) is 0 Å². The fraction of sp³-hybridized carbons (Fsp3) is 0.375. The van der Waals surface area contributed by atoms with Crippen molar-refractivity contribution in [2.45, 2.75) is 12.5 Å². The Morgan fingerprint density at radius 3 is 2.80 bits per heavy atom. The highest BCUT2D eigenvalue weighted by atomic mass is 35.5. The van der Waals surface area contributed by atoms with Gasteiger partial charge in [-0.3, -0.25) is 0 Å². The molecule has 7 nitrogen and oxygen atoms in total. The van der Waals surface area contributed by atoms with E-state index < -0.39 is 9.84 Å². The van der Waals surface area contributed by atoms with Crippen molar-refractivity contribution < 1.29 is 13.2 Å². The quantitative estimate of drug-likeness (QED) is 0.850. The van der Waals surface area contributed by atoms with Gasteiger partial charge >= 0.3 is 0 Å². The van der Waals surface area contributed by atoms with Crippen molar-refractivity contribution in [1.82, 2.24) is 9.97 Å². The standard InChI is InChI=1S/C16H19ClN4O3S/c1-21(12-6-8-25(22,23)10-12)16-18-7-5-15(20-16)19-11-3-4-14(24-2)13(17)9-11/h3-5,7,9,12H,6,8,10H2,1-2H3,(H,18,19,20). The highest BCUT2D eigenvalue weighted by Gasteiger charge is 2.31. The van der Waals surface area contributed by atoms with E-state index in [0.29, 0.717) is 29.0 Å². The molecule has 1 aliphatic rings. The second-order valence-electron chi connectivity index (χ2n) is 5.88. The number of nitrogens with one attached hydrogen (secondary N) is 1. The summed E-state index contributed by atoms with van der Waals surface area (Å²) in [7, 11) is 0.416. The molecule has 0 bridgehead atoms. The summed E-state index contributed by atoms with van der Waals surface area (Å²) in [5.41, 5.74) is 0.765. The van der Waals surface area contributed by atoms with Crippen LogP contribution in [0.5, 0.6) is 5.75 Å². The van der Waals surface area contributed by atoms with Gasteiger partial charge in [-0.2, -0.15) is 4.98 Å². The molecule has 1 aromatic carbocycles. The summed E-state index contributed by atoms with van der Waals surface area (Å²) in [6.07, 6.45) is 2.23. The molecule has 2 heterocycles. The van der Waals surface area contributed by atoms with Gasteiger partial charge < -0.3 is 15.0 Å². The Kier molecular flexibility index (Phi) is 5.01. The van der Waals surface area contributed by atoms with E-state index in [1.807, 2.05) is 18.0 Å². The Hall–Kier alpha value is -2.06. The van der Waals surface area contributed by atoms with Gasteiger partial charge in [-0.05, 0) is 30.7 Å². The zero-order chi connectivity index (χ0) is 18.0. The number of halogens is 1. The van der Waals surface area contributed by atoms with Gasteiger partial charge in [0.25, 0.3) is 0 Å². The first-order valence-electron chi connectivity index (χ1n) is 7.75. The number of anilines is 3. The topological polar surface area (TPSA) is 84.4 Å². The molecule has 0 amide bonds. The van der Waals surface area contributed by atoms with Gasteiger partial charge in [-0.1, -0.05) is 11.6 Å². The van der Waals surface area contributed by atoms with E-state index >= 15 is 0 Å². The summed E-state index contributed by atoms with van der Waals surface area (Å²) in [5, 5.41) is 3.66. The number of aromatic nitrogens is 2. The molecular formula is C16H19ClN4O3S. The molecule has 1 atom stereocenters. The molecular weight excluding hydrogens is 364 g/mol.